The van der Waals surface area contributed by atoms with E-state index in [9.17, 15) is 4.79 Å². The molecule has 198 valence electrons. The molecule has 0 fully saturated rings. The normalized spacial score (nSPS) is 11.9. The number of nitrogens with one attached hydrogen (secondary N) is 1. The molecule has 1 N–H and O–H groups in total. The average Bonchev–Trinajstić information content (AvgIpc) is 2.75. The lowest BCUT2D eigenvalue weighted by Crippen LogP contribution is -2.53. The third-order valence-corrected chi connectivity index (χ3v) is 6.98. The van der Waals surface area contributed by atoms with Crippen LogP contribution in [0.5, 0.6) is 0 Å². The van der Waals surface area contributed by atoms with Crippen LogP contribution in [-0.4, -0.2) is 56.2 Å². The second-order valence-electron chi connectivity index (χ2n) is 11.0. The number of hydrogen-bond acceptors (Lipinski definition) is 2. The number of quaternary nitrogens is 1. The summed E-state index contributed by atoms with van der Waals surface area (Å²) in [6.07, 6.45) is 27.4. The van der Waals surface area contributed by atoms with Crippen molar-refractivity contribution in [1.29, 1.82) is 0 Å². The van der Waals surface area contributed by atoms with Crippen LogP contribution in [0.3, 0.4) is 0 Å². The molecule has 0 aromatic carbocycles. The van der Waals surface area contributed by atoms with Crippen LogP contribution in [-0.2, 0) is 4.79 Å². The van der Waals surface area contributed by atoms with Gasteiger partial charge in [-0.05, 0) is 25.7 Å². The number of carbonyl (C=O) groups excluding carboxylic acids is 1. The van der Waals surface area contributed by atoms with E-state index in [1.807, 2.05) is 14.1 Å². The SMILES string of the molecule is CCCCCCCCCCCC[N+](C)(CCCCCCCCCCCC)CC(=O)NN(C)C. The van der Waals surface area contributed by atoms with Gasteiger partial charge in [-0.3, -0.25) is 10.2 Å². The van der Waals surface area contributed by atoms with Crippen molar-refractivity contribution in [3.8, 4) is 0 Å². The van der Waals surface area contributed by atoms with Crippen LogP contribution in [0.4, 0.5) is 0 Å². The van der Waals surface area contributed by atoms with Crippen molar-refractivity contribution in [2.75, 3.05) is 40.8 Å². The largest absolute Gasteiger partial charge is 0.318 e. The Morgan fingerprint density at radius 2 is 0.879 bits per heavy atom. The highest BCUT2D eigenvalue weighted by Gasteiger charge is 2.24. The zero-order valence-electron chi connectivity index (χ0n) is 23.6. The highest BCUT2D eigenvalue weighted by atomic mass is 16.2. The summed E-state index contributed by atoms with van der Waals surface area (Å²) < 4.78 is 0.897. The molecule has 0 unspecified atom stereocenters. The van der Waals surface area contributed by atoms with Gasteiger partial charge in [-0.1, -0.05) is 117 Å². The van der Waals surface area contributed by atoms with Gasteiger partial charge in [0.05, 0.1) is 20.1 Å². The highest BCUT2D eigenvalue weighted by Crippen LogP contribution is 2.15. The molecular weight excluding hydrogens is 406 g/mol. The maximum Gasteiger partial charge on any atom is 0.289 e. The van der Waals surface area contributed by atoms with Crippen LogP contribution in [0.2, 0.25) is 0 Å². The van der Waals surface area contributed by atoms with Crippen molar-refractivity contribution in [2.45, 2.75) is 142 Å². The molecule has 0 saturated heterocycles. The summed E-state index contributed by atoms with van der Waals surface area (Å²) >= 11 is 0. The molecule has 0 aromatic rings. The lowest BCUT2D eigenvalue weighted by atomic mass is 10.1. The van der Waals surface area contributed by atoms with Gasteiger partial charge < -0.3 is 4.48 Å². The van der Waals surface area contributed by atoms with Crippen molar-refractivity contribution in [3.63, 3.8) is 0 Å². The van der Waals surface area contributed by atoms with Crippen molar-refractivity contribution >= 4 is 5.91 Å². The predicted octanol–water partition coefficient (Wildman–Crippen LogP) is 7.87. The van der Waals surface area contributed by atoms with E-state index >= 15 is 0 Å². The van der Waals surface area contributed by atoms with Crippen LogP contribution in [0.15, 0.2) is 0 Å². The fourth-order valence-corrected chi connectivity index (χ4v) is 4.86. The first-order chi connectivity index (χ1) is 15.9. The highest BCUT2D eigenvalue weighted by molar-refractivity contribution is 5.76. The third-order valence-electron chi connectivity index (χ3n) is 6.98. The quantitative estimate of drug-likeness (QED) is 0.0839. The van der Waals surface area contributed by atoms with Crippen LogP contribution in [0.1, 0.15) is 142 Å². The van der Waals surface area contributed by atoms with Gasteiger partial charge in [0, 0.05) is 14.1 Å². The Kier molecular flexibility index (Phi) is 22.7. The first-order valence-electron chi connectivity index (χ1n) is 14.7. The van der Waals surface area contributed by atoms with Gasteiger partial charge in [0.1, 0.15) is 0 Å². The summed E-state index contributed by atoms with van der Waals surface area (Å²) in [4.78, 5) is 12.5. The van der Waals surface area contributed by atoms with Crippen molar-refractivity contribution in [2.24, 2.45) is 0 Å². The second-order valence-corrected chi connectivity index (χ2v) is 11.0. The molecule has 0 bridgehead atoms. The fourth-order valence-electron chi connectivity index (χ4n) is 4.86. The average molecular weight is 469 g/mol. The molecule has 0 rings (SSSR count). The second kappa shape index (κ2) is 23.1. The zero-order chi connectivity index (χ0) is 24.6. The number of rotatable bonds is 25. The number of carbonyl (C=O) groups is 1. The van der Waals surface area contributed by atoms with Crippen LogP contribution in [0, 0.1) is 0 Å². The van der Waals surface area contributed by atoms with E-state index in [-0.39, 0.29) is 5.91 Å². The molecule has 0 saturated carbocycles. The van der Waals surface area contributed by atoms with Gasteiger partial charge in [-0.2, -0.15) is 0 Å². The minimum Gasteiger partial charge on any atom is -0.318 e. The number of hydrazine groups is 1. The van der Waals surface area contributed by atoms with Crippen molar-refractivity contribution in [3.05, 3.63) is 0 Å². The van der Waals surface area contributed by atoms with Crippen LogP contribution < -0.4 is 5.43 Å². The van der Waals surface area contributed by atoms with Gasteiger partial charge in [0.15, 0.2) is 6.54 Å². The molecule has 0 aliphatic heterocycles. The molecule has 0 radical (unpaired) electrons. The molecule has 0 aliphatic carbocycles. The zero-order valence-corrected chi connectivity index (χ0v) is 23.6. The van der Waals surface area contributed by atoms with E-state index in [1.54, 1.807) is 5.01 Å². The Morgan fingerprint density at radius 1 is 0.576 bits per heavy atom. The van der Waals surface area contributed by atoms with Gasteiger partial charge in [0.25, 0.3) is 5.91 Å². The minimum absolute atomic E-state index is 0.154. The van der Waals surface area contributed by atoms with E-state index < -0.39 is 0 Å². The fraction of sp³-hybridized carbons (Fsp3) is 0.966. The van der Waals surface area contributed by atoms with Gasteiger partial charge in [-0.15, -0.1) is 0 Å². The Bertz CT molecular complexity index is 401. The molecule has 33 heavy (non-hydrogen) atoms. The molecule has 0 atom stereocenters. The smallest absolute Gasteiger partial charge is 0.289 e. The summed E-state index contributed by atoms with van der Waals surface area (Å²) in [5.74, 6) is 0.154. The molecule has 0 aliphatic rings. The monoisotopic (exact) mass is 468 g/mol. The Balaban J connectivity index is 4.08. The van der Waals surface area contributed by atoms with Crippen LogP contribution in [0.25, 0.3) is 0 Å². The predicted molar refractivity (Wildman–Crippen MR) is 146 cm³/mol. The summed E-state index contributed by atoms with van der Waals surface area (Å²) in [6, 6.07) is 0. The summed E-state index contributed by atoms with van der Waals surface area (Å²) in [7, 11) is 6.09. The van der Waals surface area contributed by atoms with E-state index in [4.69, 9.17) is 0 Å². The van der Waals surface area contributed by atoms with Gasteiger partial charge in [0.2, 0.25) is 0 Å². The summed E-state index contributed by atoms with van der Waals surface area (Å²) in [5, 5.41) is 1.77. The minimum atomic E-state index is 0.154. The van der Waals surface area contributed by atoms with Crippen LogP contribution >= 0.6 is 0 Å². The Labute approximate surface area is 208 Å². The first kappa shape index (κ1) is 32.4. The Hall–Kier alpha value is -0.610. The molecule has 0 aromatic heterocycles. The number of nitrogens with zero attached hydrogens (tertiary/aromatic N) is 2. The lowest BCUT2D eigenvalue weighted by Gasteiger charge is -2.34. The van der Waals surface area contributed by atoms with Gasteiger partial charge >= 0.3 is 0 Å². The third kappa shape index (κ3) is 22.9. The number of amides is 1. The number of unbranched alkanes of at least 4 members (excludes halogenated alkanes) is 18. The van der Waals surface area contributed by atoms with Crippen molar-refractivity contribution < 1.29 is 9.28 Å². The maximum atomic E-state index is 12.5. The molecular formula is C29H62N3O+. The molecule has 4 nitrogen and oxygen atoms in total. The summed E-state index contributed by atoms with van der Waals surface area (Å²) in [5.41, 5.74) is 2.96. The van der Waals surface area contributed by atoms with E-state index in [0.717, 1.165) is 17.6 Å². The van der Waals surface area contributed by atoms with E-state index in [0.29, 0.717) is 6.54 Å². The first-order valence-corrected chi connectivity index (χ1v) is 14.7. The Morgan fingerprint density at radius 3 is 1.18 bits per heavy atom. The number of likely N-dealkylation sites (N-methyl/N-ethyl adjacent to an activating group) is 1. The molecule has 0 spiro atoms. The molecule has 4 heteroatoms. The topological polar surface area (TPSA) is 32.3 Å². The van der Waals surface area contributed by atoms with E-state index in [2.05, 4.69) is 26.3 Å². The lowest BCUT2D eigenvalue weighted by molar-refractivity contribution is -0.902. The number of hydrogen-bond donors (Lipinski definition) is 1. The van der Waals surface area contributed by atoms with Crippen molar-refractivity contribution in [1.82, 2.24) is 10.4 Å². The van der Waals surface area contributed by atoms with Gasteiger partial charge in [-0.25, -0.2) is 5.01 Å². The summed E-state index contributed by atoms with van der Waals surface area (Å²) in [6.45, 7) is 7.44. The molecule has 1 amide bonds. The maximum absolute atomic E-state index is 12.5. The molecule has 0 heterocycles. The standard InChI is InChI=1S/C29H61N3O/c1-6-8-10-12-14-16-18-20-22-24-26-32(5,28-29(33)30-31(3)4)27-25-23-21-19-17-15-13-11-9-7-2/h6-28H2,1-5H3/p+1. The van der Waals surface area contributed by atoms with E-state index in [1.165, 1.54) is 128 Å².